The number of hydrogen-bond donors (Lipinski definition) is 0. The van der Waals surface area contributed by atoms with Gasteiger partial charge < -0.3 is 14.2 Å². The molecule has 0 fully saturated rings. The zero-order chi connectivity index (χ0) is 12.8. The predicted molar refractivity (Wildman–Crippen MR) is 67.3 cm³/mol. The average Bonchev–Trinajstić information content (AvgIpc) is 3.03. The molecule has 2 aliphatic heterocycles. The Labute approximate surface area is 111 Å². The van der Waals surface area contributed by atoms with Crippen molar-refractivity contribution in [2.24, 2.45) is 0 Å². The minimum Gasteiger partial charge on any atom is -0.454 e. The van der Waals surface area contributed by atoms with Crippen LogP contribution in [0.25, 0.3) is 0 Å². The molecule has 19 heavy (non-hydrogen) atoms. The van der Waals surface area contributed by atoms with Gasteiger partial charge in [0.1, 0.15) is 6.10 Å². The Morgan fingerprint density at radius 3 is 2.79 bits per heavy atom. The molecule has 0 N–H and O–H groups in total. The molecular weight excluding hydrogens is 244 g/mol. The minimum atomic E-state index is -0.238. The maximum Gasteiger partial charge on any atom is 0.331 e. The summed E-state index contributed by atoms with van der Waals surface area (Å²) in [6, 6.07) is 4.13. The summed E-state index contributed by atoms with van der Waals surface area (Å²) < 4.78 is 16.2. The largest absolute Gasteiger partial charge is 0.454 e. The number of esters is 1. The topological polar surface area (TPSA) is 44.8 Å². The number of hydrogen-bond acceptors (Lipinski definition) is 4. The highest BCUT2D eigenvalue weighted by Gasteiger charge is 2.33. The molecule has 2 atom stereocenters. The number of benzene rings is 1. The van der Waals surface area contributed by atoms with Gasteiger partial charge in [0.2, 0.25) is 6.79 Å². The molecule has 0 saturated carbocycles. The third-order valence-corrected chi connectivity index (χ3v) is 4.07. The van der Waals surface area contributed by atoms with Crippen LogP contribution in [0.4, 0.5) is 0 Å². The SMILES string of the molecule is O=C1C=CC([C@@H]2CCCc3cc4c(cc32)OCO4)O1. The number of fused-ring (bicyclic) bond motifs is 2. The van der Waals surface area contributed by atoms with Crippen LogP contribution in [0.2, 0.25) is 0 Å². The van der Waals surface area contributed by atoms with Crippen LogP contribution in [0.5, 0.6) is 11.5 Å². The molecule has 0 spiro atoms. The zero-order valence-corrected chi connectivity index (χ0v) is 10.4. The van der Waals surface area contributed by atoms with E-state index in [4.69, 9.17) is 14.2 Å². The van der Waals surface area contributed by atoms with Gasteiger partial charge in [0.25, 0.3) is 0 Å². The van der Waals surface area contributed by atoms with E-state index in [1.165, 1.54) is 17.2 Å². The normalized spacial score (nSPS) is 27.3. The van der Waals surface area contributed by atoms with Crippen LogP contribution >= 0.6 is 0 Å². The van der Waals surface area contributed by atoms with Gasteiger partial charge in [-0.1, -0.05) is 0 Å². The highest BCUT2D eigenvalue weighted by atomic mass is 16.7. The van der Waals surface area contributed by atoms with Crippen LogP contribution in [0, 0.1) is 0 Å². The second kappa shape index (κ2) is 4.02. The maximum atomic E-state index is 11.2. The summed E-state index contributed by atoms with van der Waals surface area (Å²) >= 11 is 0. The van der Waals surface area contributed by atoms with Crippen LogP contribution in [-0.4, -0.2) is 18.9 Å². The van der Waals surface area contributed by atoms with Gasteiger partial charge in [-0.15, -0.1) is 0 Å². The Hall–Kier alpha value is -1.97. The predicted octanol–water partition coefficient (Wildman–Crippen LogP) is 2.32. The molecule has 4 nitrogen and oxygen atoms in total. The third kappa shape index (κ3) is 1.70. The lowest BCUT2D eigenvalue weighted by atomic mass is 9.79. The van der Waals surface area contributed by atoms with Gasteiger partial charge in [0.05, 0.1) is 0 Å². The van der Waals surface area contributed by atoms with E-state index in [0.717, 1.165) is 30.8 Å². The molecule has 2 heterocycles. The van der Waals surface area contributed by atoms with Crippen LogP contribution in [-0.2, 0) is 16.0 Å². The number of carbonyl (C=O) groups excluding carboxylic acids is 1. The Bertz CT molecular complexity index is 576. The van der Waals surface area contributed by atoms with Crippen LogP contribution in [0.1, 0.15) is 29.9 Å². The smallest absolute Gasteiger partial charge is 0.331 e. The second-order valence-corrected chi connectivity index (χ2v) is 5.16. The molecule has 0 bridgehead atoms. The van der Waals surface area contributed by atoms with Crippen molar-refractivity contribution >= 4 is 5.97 Å². The molecule has 1 unspecified atom stereocenters. The van der Waals surface area contributed by atoms with Crippen molar-refractivity contribution in [1.82, 2.24) is 0 Å². The molecular formula is C15H14O4. The monoisotopic (exact) mass is 258 g/mol. The molecule has 1 aromatic carbocycles. The minimum absolute atomic E-state index is 0.132. The number of carbonyl (C=O) groups is 1. The van der Waals surface area contributed by atoms with Crippen LogP contribution in [0.3, 0.4) is 0 Å². The molecule has 1 aromatic rings. The molecule has 4 heteroatoms. The molecule has 98 valence electrons. The summed E-state index contributed by atoms with van der Waals surface area (Å²) in [5.74, 6) is 1.64. The summed E-state index contributed by atoms with van der Waals surface area (Å²) in [5.41, 5.74) is 2.52. The van der Waals surface area contributed by atoms with E-state index in [2.05, 4.69) is 12.1 Å². The number of rotatable bonds is 1. The number of ether oxygens (including phenoxy) is 3. The standard InChI is InChI=1S/C15H14O4/c16-15-5-4-12(19-15)10-3-1-2-9-6-13-14(7-11(9)10)18-8-17-13/h4-7,10,12H,1-3,8H2/t10-,12?/m1/s1. The maximum absolute atomic E-state index is 11.2. The molecule has 0 radical (unpaired) electrons. The fraction of sp³-hybridized carbons (Fsp3) is 0.400. The second-order valence-electron chi connectivity index (χ2n) is 5.16. The van der Waals surface area contributed by atoms with E-state index in [9.17, 15) is 4.79 Å². The Morgan fingerprint density at radius 1 is 1.16 bits per heavy atom. The number of aryl methyl sites for hydroxylation is 1. The first-order chi connectivity index (χ1) is 9.31. The lowest BCUT2D eigenvalue weighted by Crippen LogP contribution is -2.22. The summed E-state index contributed by atoms with van der Waals surface area (Å²) in [6.45, 7) is 0.293. The van der Waals surface area contributed by atoms with Crippen molar-refractivity contribution in [3.63, 3.8) is 0 Å². The third-order valence-electron chi connectivity index (χ3n) is 4.07. The molecule has 1 aliphatic carbocycles. The van der Waals surface area contributed by atoms with Gasteiger partial charge in [-0.2, -0.15) is 0 Å². The highest BCUT2D eigenvalue weighted by molar-refractivity contribution is 5.84. The molecule has 0 amide bonds. The van der Waals surface area contributed by atoms with E-state index >= 15 is 0 Å². The molecule has 3 aliphatic rings. The van der Waals surface area contributed by atoms with E-state index < -0.39 is 0 Å². The molecule has 0 aromatic heterocycles. The lowest BCUT2D eigenvalue weighted by Gasteiger charge is -2.28. The summed E-state index contributed by atoms with van der Waals surface area (Å²) in [4.78, 5) is 11.2. The lowest BCUT2D eigenvalue weighted by molar-refractivity contribution is -0.139. The van der Waals surface area contributed by atoms with Gasteiger partial charge in [0, 0.05) is 12.0 Å². The van der Waals surface area contributed by atoms with Gasteiger partial charge in [0.15, 0.2) is 11.5 Å². The fourth-order valence-corrected chi connectivity index (χ4v) is 3.17. The van der Waals surface area contributed by atoms with Gasteiger partial charge in [-0.05, 0) is 48.6 Å². The number of cyclic esters (lactones) is 1. The highest BCUT2D eigenvalue weighted by Crippen LogP contribution is 2.43. The van der Waals surface area contributed by atoms with E-state index in [1.807, 2.05) is 6.08 Å². The van der Waals surface area contributed by atoms with E-state index in [-0.39, 0.29) is 18.0 Å². The summed E-state index contributed by atoms with van der Waals surface area (Å²) in [7, 11) is 0. The van der Waals surface area contributed by atoms with Crippen molar-refractivity contribution in [2.45, 2.75) is 31.3 Å². The Balaban J connectivity index is 1.74. The Kier molecular flexibility index (Phi) is 2.31. The van der Waals surface area contributed by atoms with Crippen LogP contribution in [0.15, 0.2) is 24.3 Å². The van der Waals surface area contributed by atoms with Gasteiger partial charge in [-0.25, -0.2) is 4.79 Å². The first-order valence-corrected chi connectivity index (χ1v) is 6.62. The molecule has 4 rings (SSSR count). The first kappa shape index (κ1) is 10.9. The fourth-order valence-electron chi connectivity index (χ4n) is 3.17. The van der Waals surface area contributed by atoms with Gasteiger partial charge >= 0.3 is 5.97 Å². The van der Waals surface area contributed by atoms with E-state index in [0.29, 0.717) is 6.79 Å². The van der Waals surface area contributed by atoms with Crippen LogP contribution < -0.4 is 9.47 Å². The van der Waals surface area contributed by atoms with Crippen molar-refractivity contribution in [1.29, 1.82) is 0 Å². The zero-order valence-electron chi connectivity index (χ0n) is 10.4. The van der Waals surface area contributed by atoms with Crippen molar-refractivity contribution in [3.05, 3.63) is 35.4 Å². The summed E-state index contributed by atoms with van der Waals surface area (Å²) in [5, 5.41) is 0. The van der Waals surface area contributed by atoms with E-state index in [1.54, 1.807) is 0 Å². The van der Waals surface area contributed by atoms with Crippen molar-refractivity contribution in [3.8, 4) is 11.5 Å². The first-order valence-electron chi connectivity index (χ1n) is 6.62. The average molecular weight is 258 g/mol. The summed E-state index contributed by atoms with van der Waals surface area (Å²) in [6.07, 6.45) is 6.45. The quantitative estimate of drug-likeness (QED) is 0.725. The van der Waals surface area contributed by atoms with Gasteiger partial charge in [-0.3, -0.25) is 0 Å². The van der Waals surface area contributed by atoms with Crippen molar-refractivity contribution < 1.29 is 19.0 Å². The Morgan fingerprint density at radius 2 is 2.00 bits per heavy atom. The molecule has 0 saturated heterocycles. The van der Waals surface area contributed by atoms with Crippen molar-refractivity contribution in [2.75, 3.05) is 6.79 Å².